The zero-order valence-electron chi connectivity index (χ0n) is 9.36. The number of halogens is 1. The predicted octanol–water partition coefficient (Wildman–Crippen LogP) is 3.04. The normalized spacial score (nSPS) is 10.1. The molecule has 0 heterocycles. The fraction of sp³-hybridized carbons (Fsp3) is 0.417. The maximum absolute atomic E-state index is 11.0. The fourth-order valence-electron chi connectivity index (χ4n) is 1.57. The van der Waals surface area contributed by atoms with Crippen LogP contribution in [0.2, 0.25) is 0 Å². The number of rotatable bonds is 3. The second kappa shape index (κ2) is 5.17. The van der Waals surface area contributed by atoms with Crippen LogP contribution in [0.3, 0.4) is 0 Å². The Morgan fingerprint density at radius 1 is 1.33 bits per heavy atom. The lowest BCUT2D eigenvalue weighted by Gasteiger charge is -2.11. The Labute approximate surface area is 95.6 Å². The van der Waals surface area contributed by atoms with Crippen LogP contribution in [0, 0.1) is 13.8 Å². The Bertz CT molecular complexity index is 374. The number of benzene rings is 1. The molecule has 82 valence electrons. The predicted molar refractivity (Wildman–Crippen MR) is 64.6 cm³/mol. The van der Waals surface area contributed by atoms with Crippen LogP contribution < -0.4 is 5.32 Å². The van der Waals surface area contributed by atoms with Gasteiger partial charge in [-0.25, -0.2) is 0 Å². The molecule has 0 unspecified atom stereocenters. The van der Waals surface area contributed by atoms with Gasteiger partial charge in [-0.15, -0.1) is 11.6 Å². The van der Waals surface area contributed by atoms with Gasteiger partial charge in [-0.2, -0.15) is 0 Å². The lowest BCUT2D eigenvalue weighted by molar-refractivity contribution is -0.114. The maximum Gasteiger partial charge on any atom is 0.221 e. The summed E-state index contributed by atoms with van der Waals surface area (Å²) in [6, 6.07) is 4.08. The molecule has 1 aromatic carbocycles. The average molecular weight is 226 g/mol. The molecule has 0 fully saturated rings. The number of hydrogen-bond donors (Lipinski definition) is 1. The summed E-state index contributed by atoms with van der Waals surface area (Å²) in [5.74, 6) is 0.586. The maximum atomic E-state index is 11.0. The van der Waals surface area contributed by atoms with Crippen LogP contribution >= 0.6 is 11.6 Å². The third kappa shape index (κ3) is 3.24. The molecule has 15 heavy (non-hydrogen) atoms. The summed E-state index contributed by atoms with van der Waals surface area (Å²) < 4.78 is 0. The summed E-state index contributed by atoms with van der Waals surface area (Å²) >= 11 is 5.71. The van der Waals surface area contributed by atoms with Gasteiger partial charge in [0.15, 0.2) is 0 Å². The lowest BCUT2D eigenvalue weighted by atomic mass is 10.0. The second-order valence-corrected chi connectivity index (χ2v) is 4.09. The number of alkyl halides is 1. The average Bonchev–Trinajstić information content (AvgIpc) is 2.13. The van der Waals surface area contributed by atoms with E-state index in [1.807, 2.05) is 19.9 Å². The quantitative estimate of drug-likeness (QED) is 0.788. The first-order chi connectivity index (χ1) is 7.04. The van der Waals surface area contributed by atoms with E-state index in [2.05, 4.69) is 11.4 Å². The van der Waals surface area contributed by atoms with Crippen LogP contribution in [0.25, 0.3) is 0 Å². The summed E-state index contributed by atoms with van der Waals surface area (Å²) in [5, 5.41) is 2.81. The van der Waals surface area contributed by atoms with Gasteiger partial charge in [0.1, 0.15) is 0 Å². The van der Waals surface area contributed by atoms with Crippen molar-refractivity contribution < 1.29 is 4.79 Å². The molecule has 0 radical (unpaired) electrons. The summed E-state index contributed by atoms with van der Waals surface area (Å²) in [6.07, 6.45) is 0.870. The van der Waals surface area contributed by atoms with Gasteiger partial charge in [0.05, 0.1) is 0 Å². The first-order valence-electron chi connectivity index (χ1n) is 4.98. The van der Waals surface area contributed by atoms with Gasteiger partial charge in [0.2, 0.25) is 5.91 Å². The molecule has 0 aliphatic carbocycles. The number of carbonyl (C=O) groups is 1. The van der Waals surface area contributed by atoms with E-state index >= 15 is 0 Å². The van der Waals surface area contributed by atoms with Crippen molar-refractivity contribution in [2.45, 2.75) is 27.2 Å². The van der Waals surface area contributed by atoms with E-state index in [1.165, 1.54) is 18.1 Å². The molecule has 0 bridgehead atoms. The van der Waals surface area contributed by atoms with Gasteiger partial charge < -0.3 is 5.32 Å². The number of hydrogen-bond acceptors (Lipinski definition) is 1. The van der Waals surface area contributed by atoms with Crippen molar-refractivity contribution in [2.75, 3.05) is 11.2 Å². The number of nitrogens with one attached hydrogen (secondary N) is 1. The number of aryl methyl sites for hydroxylation is 3. The molecular weight excluding hydrogens is 210 g/mol. The van der Waals surface area contributed by atoms with Crippen LogP contribution in [0.4, 0.5) is 5.69 Å². The van der Waals surface area contributed by atoms with E-state index in [0.717, 1.165) is 17.7 Å². The van der Waals surface area contributed by atoms with Crippen LogP contribution in [0.5, 0.6) is 0 Å². The number of carbonyl (C=O) groups excluding carboxylic acids is 1. The van der Waals surface area contributed by atoms with Crippen molar-refractivity contribution in [3.8, 4) is 0 Å². The highest BCUT2D eigenvalue weighted by Crippen LogP contribution is 2.21. The molecule has 2 nitrogen and oxygen atoms in total. The Balaban J connectivity index is 3.02. The van der Waals surface area contributed by atoms with Gasteiger partial charge in [-0.3, -0.25) is 4.79 Å². The monoisotopic (exact) mass is 225 g/mol. The van der Waals surface area contributed by atoms with E-state index in [1.54, 1.807) is 0 Å². The van der Waals surface area contributed by atoms with Gasteiger partial charge >= 0.3 is 0 Å². The van der Waals surface area contributed by atoms with E-state index in [4.69, 9.17) is 11.6 Å². The zero-order valence-corrected chi connectivity index (χ0v) is 10.1. The van der Waals surface area contributed by atoms with Gasteiger partial charge in [0, 0.05) is 18.5 Å². The van der Waals surface area contributed by atoms with Crippen LogP contribution in [0.15, 0.2) is 12.1 Å². The van der Waals surface area contributed by atoms with Crippen molar-refractivity contribution >= 4 is 23.2 Å². The standard InChI is InChI=1S/C12H16ClNO/c1-8-7-12(14-10(3)15)9(2)6-11(8)4-5-13/h6-7H,4-5H2,1-3H3,(H,14,15). The van der Waals surface area contributed by atoms with Gasteiger partial charge in [0.25, 0.3) is 0 Å². The highest BCUT2D eigenvalue weighted by Gasteiger charge is 2.05. The smallest absolute Gasteiger partial charge is 0.221 e. The molecule has 0 aliphatic heterocycles. The first-order valence-corrected chi connectivity index (χ1v) is 5.51. The third-order valence-corrected chi connectivity index (χ3v) is 2.55. The molecule has 0 saturated carbocycles. The Morgan fingerprint density at radius 3 is 2.53 bits per heavy atom. The van der Waals surface area contributed by atoms with Crippen molar-refractivity contribution in [1.82, 2.24) is 0 Å². The molecule has 0 atom stereocenters. The van der Waals surface area contributed by atoms with Crippen LogP contribution in [-0.2, 0) is 11.2 Å². The van der Waals surface area contributed by atoms with E-state index in [0.29, 0.717) is 5.88 Å². The molecule has 1 amide bonds. The van der Waals surface area contributed by atoms with Crippen molar-refractivity contribution in [3.05, 3.63) is 28.8 Å². The number of anilines is 1. The fourth-order valence-corrected chi connectivity index (χ4v) is 1.78. The van der Waals surface area contributed by atoms with Gasteiger partial charge in [-0.05, 0) is 43.0 Å². The third-order valence-electron chi connectivity index (χ3n) is 2.36. The van der Waals surface area contributed by atoms with Crippen LogP contribution in [0.1, 0.15) is 23.6 Å². The second-order valence-electron chi connectivity index (χ2n) is 3.71. The van der Waals surface area contributed by atoms with E-state index < -0.39 is 0 Å². The van der Waals surface area contributed by atoms with Crippen molar-refractivity contribution in [2.24, 2.45) is 0 Å². The molecule has 0 aromatic heterocycles. The highest BCUT2D eigenvalue weighted by molar-refractivity contribution is 6.18. The highest BCUT2D eigenvalue weighted by atomic mass is 35.5. The SMILES string of the molecule is CC(=O)Nc1cc(C)c(CCCl)cc1C. The minimum atomic E-state index is -0.0393. The minimum Gasteiger partial charge on any atom is -0.326 e. The molecule has 1 N–H and O–H groups in total. The largest absolute Gasteiger partial charge is 0.326 e. The molecule has 1 aromatic rings. The molecular formula is C12H16ClNO. The number of amides is 1. The van der Waals surface area contributed by atoms with Crippen LogP contribution in [-0.4, -0.2) is 11.8 Å². The first kappa shape index (κ1) is 12.1. The zero-order chi connectivity index (χ0) is 11.4. The summed E-state index contributed by atoms with van der Waals surface area (Å²) in [7, 11) is 0. The van der Waals surface area contributed by atoms with Crippen molar-refractivity contribution in [3.63, 3.8) is 0 Å². The van der Waals surface area contributed by atoms with Gasteiger partial charge in [-0.1, -0.05) is 6.07 Å². The summed E-state index contributed by atoms with van der Waals surface area (Å²) in [4.78, 5) is 11.0. The topological polar surface area (TPSA) is 29.1 Å². The molecule has 0 saturated heterocycles. The molecule has 1 rings (SSSR count). The Kier molecular flexibility index (Phi) is 4.15. The van der Waals surface area contributed by atoms with Crippen molar-refractivity contribution in [1.29, 1.82) is 0 Å². The van der Waals surface area contributed by atoms with E-state index in [9.17, 15) is 4.79 Å². The Morgan fingerprint density at radius 2 is 2.00 bits per heavy atom. The molecule has 0 spiro atoms. The minimum absolute atomic E-state index is 0.0393. The van der Waals surface area contributed by atoms with E-state index in [-0.39, 0.29) is 5.91 Å². The Hall–Kier alpha value is -1.02. The molecule has 0 aliphatic rings. The summed E-state index contributed by atoms with van der Waals surface area (Å²) in [5.41, 5.74) is 4.39. The molecule has 3 heteroatoms. The summed E-state index contributed by atoms with van der Waals surface area (Å²) in [6.45, 7) is 5.54. The lowest BCUT2D eigenvalue weighted by Crippen LogP contribution is -2.08.